The zero-order valence-electron chi connectivity index (χ0n) is 15.4. The number of anilines is 1. The molecule has 0 aliphatic heterocycles. The number of carbonyl (C=O) groups excluding carboxylic acids is 1. The summed E-state index contributed by atoms with van der Waals surface area (Å²) in [5.74, 6) is -2.27. The second kappa shape index (κ2) is 8.54. The number of thioether (sulfide) groups is 1. The Morgan fingerprint density at radius 2 is 1.97 bits per heavy atom. The smallest absolute Gasteiger partial charge is 0.335 e. The Kier molecular flexibility index (Phi) is 6.09. The SMILES string of the molecule is Cc1ccc(-[n+]2noc([O-])c2SC(C)C(=O)Nc2cc(C(=O)O)ccc2Cl)cc1. The molecule has 0 bridgehead atoms. The Morgan fingerprint density at radius 3 is 2.62 bits per heavy atom. The number of carboxylic acid groups (broad SMARTS) is 1. The normalized spacial score (nSPS) is 11.8. The molecule has 29 heavy (non-hydrogen) atoms. The van der Waals surface area contributed by atoms with E-state index in [0.717, 1.165) is 17.3 Å². The summed E-state index contributed by atoms with van der Waals surface area (Å²) in [6.07, 6.45) is 0. The van der Waals surface area contributed by atoms with E-state index < -0.39 is 23.1 Å². The van der Waals surface area contributed by atoms with Gasteiger partial charge in [-0.2, -0.15) is 0 Å². The third-order valence-corrected chi connectivity index (χ3v) is 5.44. The van der Waals surface area contributed by atoms with Crippen LogP contribution in [0.2, 0.25) is 5.02 Å². The summed E-state index contributed by atoms with van der Waals surface area (Å²) in [7, 11) is 0. The highest BCUT2D eigenvalue weighted by molar-refractivity contribution is 8.00. The molecule has 1 heterocycles. The van der Waals surface area contributed by atoms with Gasteiger partial charge in [-0.05, 0) is 48.5 Å². The van der Waals surface area contributed by atoms with Gasteiger partial charge in [-0.25, -0.2) is 4.79 Å². The number of nitrogens with one attached hydrogen (secondary N) is 1. The Hall–Kier alpha value is -3.04. The molecule has 8 nitrogen and oxygen atoms in total. The van der Waals surface area contributed by atoms with Crippen LogP contribution in [0, 0.1) is 6.92 Å². The summed E-state index contributed by atoms with van der Waals surface area (Å²) < 4.78 is 6.09. The van der Waals surface area contributed by atoms with Crippen molar-refractivity contribution in [3.8, 4) is 11.6 Å². The highest BCUT2D eigenvalue weighted by Gasteiger charge is 2.27. The van der Waals surface area contributed by atoms with Crippen LogP contribution in [0.1, 0.15) is 22.8 Å². The maximum atomic E-state index is 12.6. The number of aromatic carboxylic acids is 1. The van der Waals surface area contributed by atoms with E-state index in [1.54, 1.807) is 19.1 Å². The molecule has 0 aliphatic carbocycles. The molecule has 1 aromatic heterocycles. The van der Waals surface area contributed by atoms with Crippen LogP contribution in [0.5, 0.6) is 5.95 Å². The number of rotatable bonds is 6. The van der Waals surface area contributed by atoms with Crippen LogP contribution < -0.4 is 15.1 Å². The van der Waals surface area contributed by atoms with Crippen LogP contribution >= 0.6 is 23.4 Å². The maximum absolute atomic E-state index is 12.6. The van der Waals surface area contributed by atoms with E-state index in [1.807, 2.05) is 19.1 Å². The number of nitrogens with zero attached hydrogens (tertiary/aromatic N) is 2. The lowest BCUT2D eigenvalue weighted by Crippen LogP contribution is -2.36. The largest absolute Gasteiger partial charge is 0.538 e. The van der Waals surface area contributed by atoms with Crippen molar-refractivity contribution in [2.24, 2.45) is 0 Å². The fourth-order valence-corrected chi connectivity index (χ4v) is 3.44. The molecule has 1 atom stereocenters. The van der Waals surface area contributed by atoms with Crippen LogP contribution in [-0.2, 0) is 4.79 Å². The van der Waals surface area contributed by atoms with Crippen molar-refractivity contribution >= 4 is 40.9 Å². The molecule has 0 fully saturated rings. The molecule has 0 radical (unpaired) electrons. The summed E-state index contributed by atoms with van der Waals surface area (Å²) in [5.41, 5.74) is 1.82. The molecular weight excluding hydrogens is 418 g/mol. The Morgan fingerprint density at radius 1 is 1.28 bits per heavy atom. The average Bonchev–Trinajstić information content (AvgIpc) is 3.04. The van der Waals surface area contributed by atoms with Gasteiger partial charge in [0.2, 0.25) is 11.6 Å². The third-order valence-electron chi connectivity index (χ3n) is 3.98. The fraction of sp³-hybridized carbons (Fsp3) is 0.158. The number of carboxylic acids is 1. The van der Waals surface area contributed by atoms with Gasteiger partial charge in [0.05, 0.1) is 26.8 Å². The molecular formula is C19H16ClN3O5S. The van der Waals surface area contributed by atoms with E-state index in [9.17, 15) is 14.7 Å². The van der Waals surface area contributed by atoms with Crippen LogP contribution in [0.25, 0.3) is 5.69 Å². The molecule has 10 heteroatoms. The van der Waals surface area contributed by atoms with Crippen molar-refractivity contribution in [1.29, 1.82) is 0 Å². The number of carbonyl (C=O) groups is 2. The predicted molar refractivity (Wildman–Crippen MR) is 105 cm³/mol. The van der Waals surface area contributed by atoms with Crippen molar-refractivity contribution in [1.82, 2.24) is 5.27 Å². The van der Waals surface area contributed by atoms with Crippen molar-refractivity contribution in [2.45, 2.75) is 24.1 Å². The fourth-order valence-electron chi connectivity index (χ4n) is 2.40. The number of aryl methyl sites for hydroxylation is 1. The topological polar surface area (TPSA) is 119 Å². The third kappa shape index (κ3) is 4.69. The highest BCUT2D eigenvalue weighted by Crippen LogP contribution is 2.29. The van der Waals surface area contributed by atoms with Crippen molar-refractivity contribution in [2.75, 3.05) is 5.32 Å². The Balaban J connectivity index is 1.79. The summed E-state index contributed by atoms with van der Waals surface area (Å²) in [4.78, 5) is 23.7. The molecule has 2 N–H and O–H groups in total. The zero-order valence-corrected chi connectivity index (χ0v) is 17.0. The van der Waals surface area contributed by atoms with Crippen LogP contribution in [0.15, 0.2) is 52.0 Å². The molecule has 1 unspecified atom stereocenters. The zero-order chi connectivity index (χ0) is 21.1. The van der Waals surface area contributed by atoms with Crippen LogP contribution in [-0.4, -0.2) is 27.5 Å². The molecule has 3 aromatic rings. The first-order valence-electron chi connectivity index (χ1n) is 8.42. The summed E-state index contributed by atoms with van der Waals surface area (Å²) in [6, 6.07) is 11.3. The van der Waals surface area contributed by atoms with Gasteiger partial charge in [0.15, 0.2) is 5.95 Å². The Bertz CT molecular complexity index is 1070. The second-order valence-electron chi connectivity index (χ2n) is 6.16. The van der Waals surface area contributed by atoms with Gasteiger partial charge in [-0.1, -0.05) is 29.3 Å². The lowest BCUT2D eigenvalue weighted by molar-refractivity contribution is -0.705. The average molecular weight is 434 g/mol. The van der Waals surface area contributed by atoms with Gasteiger partial charge in [-0.3, -0.25) is 4.79 Å². The Labute approximate surface area is 175 Å². The molecule has 150 valence electrons. The van der Waals surface area contributed by atoms with E-state index in [1.165, 1.54) is 22.9 Å². The van der Waals surface area contributed by atoms with E-state index in [0.29, 0.717) is 5.69 Å². The lowest BCUT2D eigenvalue weighted by atomic mass is 10.2. The van der Waals surface area contributed by atoms with Gasteiger partial charge < -0.3 is 20.1 Å². The summed E-state index contributed by atoms with van der Waals surface area (Å²) >= 11 is 7.01. The highest BCUT2D eigenvalue weighted by atomic mass is 35.5. The van der Waals surface area contributed by atoms with Crippen molar-refractivity contribution in [3.63, 3.8) is 0 Å². The molecule has 0 saturated carbocycles. The van der Waals surface area contributed by atoms with Gasteiger partial charge in [-0.15, -0.1) is 0 Å². The first-order chi connectivity index (χ1) is 13.8. The summed E-state index contributed by atoms with van der Waals surface area (Å²) in [5, 5.41) is 27.1. The molecule has 0 aliphatic rings. The van der Waals surface area contributed by atoms with E-state index >= 15 is 0 Å². The van der Waals surface area contributed by atoms with Crippen LogP contribution in [0.3, 0.4) is 0 Å². The minimum atomic E-state index is -1.14. The summed E-state index contributed by atoms with van der Waals surface area (Å²) in [6.45, 7) is 3.53. The van der Waals surface area contributed by atoms with Crippen molar-refractivity contribution in [3.05, 3.63) is 58.6 Å². The number of aromatic nitrogens is 2. The minimum absolute atomic E-state index is 0.0110. The number of halogens is 1. The number of benzene rings is 2. The first-order valence-corrected chi connectivity index (χ1v) is 9.68. The monoisotopic (exact) mass is 433 g/mol. The number of amides is 1. The van der Waals surface area contributed by atoms with Crippen molar-refractivity contribution < 1.29 is 29.0 Å². The van der Waals surface area contributed by atoms with Gasteiger partial charge in [0.1, 0.15) is 0 Å². The molecule has 2 aromatic carbocycles. The quantitative estimate of drug-likeness (QED) is 0.453. The lowest BCUT2D eigenvalue weighted by Gasteiger charge is -2.12. The maximum Gasteiger partial charge on any atom is 0.335 e. The van der Waals surface area contributed by atoms with Crippen LogP contribution in [0.4, 0.5) is 5.69 Å². The first kappa shape index (κ1) is 20.7. The number of hydrogen-bond donors (Lipinski definition) is 2. The van der Waals surface area contributed by atoms with Gasteiger partial charge in [0, 0.05) is 12.1 Å². The standard InChI is InChI=1S/C19H16ClN3O5S/c1-10-3-6-13(7-4-10)23-17(19(27)28-22-23)29-11(2)16(24)21-15-9-12(18(25)26)5-8-14(15)20/h3-9,11H,1-2H3,(H2-,21,22,24,25,26,27). The van der Waals surface area contributed by atoms with E-state index in [2.05, 4.69) is 10.6 Å². The molecule has 0 spiro atoms. The molecule has 1 amide bonds. The number of hydrogen-bond acceptors (Lipinski definition) is 6. The van der Waals surface area contributed by atoms with E-state index in [4.69, 9.17) is 21.2 Å². The van der Waals surface area contributed by atoms with Gasteiger partial charge >= 0.3 is 5.97 Å². The molecule has 3 rings (SSSR count). The predicted octanol–water partition coefficient (Wildman–Crippen LogP) is 2.80. The second-order valence-corrected chi connectivity index (χ2v) is 7.90. The van der Waals surface area contributed by atoms with Gasteiger partial charge in [0.25, 0.3) is 5.03 Å². The minimum Gasteiger partial charge on any atom is -0.538 e. The molecule has 0 saturated heterocycles. The van der Waals surface area contributed by atoms with E-state index in [-0.39, 0.29) is 21.3 Å².